The summed E-state index contributed by atoms with van der Waals surface area (Å²) in [6, 6.07) is 0. The predicted octanol–water partition coefficient (Wildman–Crippen LogP) is 0.272. The van der Waals surface area contributed by atoms with Gasteiger partial charge in [0.05, 0.1) is 12.4 Å². The fourth-order valence-electron chi connectivity index (χ4n) is 1.32. The van der Waals surface area contributed by atoms with Crippen molar-refractivity contribution in [1.82, 2.24) is 0 Å². The summed E-state index contributed by atoms with van der Waals surface area (Å²) in [5.41, 5.74) is -1.50. The number of rotatable bonds is 11. The van der Waals surface area contributed by atoms with Crippen LogP contribution < -0.4 is 0 Å². The number of ether oxygens (including phenoxy) is 3. The molecule has 9 nitrogen and oxygen atoms in total. The Morgan fingerprint density at radius 2 is 1.50 bits per heavy atom. The molecule has 0 aliphatic rings. The summed E-state index contributed by atoms with van der Waals surface area (Å²) < 4.78 is 44.2. The maximum Gasteiger partial charge on any atom is 0.330 e. The Balaban J connectivity index is 4.77. The highest BCUT2D eigenvalue weighted by Crippen LogP contribution is 2.20. The molecule has 1 N–H and O–H groups in total. The van der Waals surface area contributed by atoms with Crippen molar-refractivity contribution in [2.75, 3.05) is 25.6 Å². The SMILES string of the molecule is C=CC(=O)OCC(C)(COC(=O)C=C)C(=O)OCCCS(=O)(=O)O. The summed E-state index contributed by atoms with van der Waals surface area (Å²) in [5.74, 6) is -3.01. The van der Waals surface area contributed by atoms with E-state index in [0.29, 0.717) is 0 Å². The van der Waals surface area contributed by atoms with Gasteiger partial charge in [0.1, 0.15) is 18.6 Å². The molecule has 0 aromatic carbocycles. The van der Waals surface area contributed by atoms with Crippen molar-refractivity contribution >= 4 is 28.0 Å². The van der Waals surface area contributed by atoms with Gasteiger partial charge in [-0.1, -0.05) is 13.2 Å². The second-order valence-corrected chi connectivity index (χ2v) is 6.53. The van der Waals surface area contributed by atoms with Crippen molar-refractivity contribution in [3.8, 4) is 0 Å². The molecule has 10 heteroatoms. The van der Waals surface area contributed by atoms with Crippen LogP contribution >= 0.6 is 0 Å². The molecule has 0 atom stereocenters. The van der Waals surface area contributed by atoms with Crippen LogP contribution in [0, 0.1) is 5.41 Å². The molecule has 0 spiro atoms. The van der Waals surface area contributed by atoms with Crippen molar-refractivity contribution in [3.05, 3.63) is 25.3 Å². The summed E-state index contributed by atoms with van der Waals surface area (Å²) >= 11 is 0. The Kier molecular flexibility index (Phi) is 8.93. The Hall–Kier alpha value is -2.20. The topological polar surface area (TPSA) is 133 Å². The highest BCUT2D eigenvalue weighted by Gasteiger charge is 2.38. The van der Waals surface area contributed by atoms with E-state index in [-0.39, 0.29) is 13.0 Å². The second kappa shape index (κ2) is 9.83. The van der Waals surface area contributed by atoms with Gasteiger partial charge in [-0.15, -0.1) is 0 Å². The molecule has 0 heterocycles. The Labute approximate surface area is 140 Å². The zero-order valence-electron chi connectivity index (χ0n) is 13.2. The summed E-state index contributed by atoms with van der Waals surface area (Å²) in [6.45, 7) is 6.57. The number of hydrogen-bond acceptors (Lipinski definition) is 8. The van der Waals surface area contributed by atoms with Gasteiger partial charge in [0.2, 0.25) is 0 Å². The van der Waals surface area contributed by atoms with Crippen molar-refractivity contribution in [2.24, 2.45) is 5.41 Å². The molecule has 0 bridgehead atoms. The molecule has 136 valence electrons. The summed E-state index contributed by atoms with van der Waals surface area (Å²) in [5, 5.41) is 0. The van der Waals surface area contributed by atoms with E-state index >= 15 is 0 Å². The molecule has 0 saturated carbocycles. The maximum atomic E-state index is 12.1. The van der Waals surface area contributed by atoms with E-state index in [4.69, 9.17) is 18.8 Å². The van der Waals surface area contributed by atoms with Gasteiger partial charge in [-0.2, -0.15) is 8.42 Å². The van der Waals surface area contributed by atoms with Crippen LogP contribution in [-0.4, -0.2) is 56.5 Å². The normalized spacial score (nSPS) is 11.2. The van der Waals surface area contributed by atoms with Crippen LogP contribution in [0.2, 0.25) is 0 Å². The van der Waals surface area contributed by atoms with Gasteiger partial charge in [-0.25, -0.2) is 9.59 Å². The first-order valence-corrected chi connectivity index (χ1v) is 8.36. The molecule has 0 saturated heterocycles. The van der Waals surface area contributed by atoms with E-state index in [1.165, 1.54) is 6.92 Å². The van der Waals surface area contributed by atoms with Crippen molar-refractivity contribution < 1.29 is 41.6 Å². The zero-order chi connectivity index (χ0) is 18.8. The fraction of sp³-hybridized carbons (Fsp3) is 0.500. The van der Waals surface area contributed by atoms with E-state index in [2.05, 4.69) is 13.2 Å². The molecule has 0 aliphatic carbocycles. The van der Waals surface area contributed by atoms with Crippen LogP contribution in [0.5, 0.6) is 0 Å². The summed E-state index contributed by atoms with van der Waals surface area (Å²) in [6.07, 6.45) is 1.67. The highest BCUT2D eigenvalue weighted by molar-refractivity contribution is 7.85. The van der Waals surface area contributed by atoms with Gasteiger partial charge >= 0.3 is 17.9 Å². The van der Waals surface area contributed by atoms with Crippen molar-refractivity contribution in [3.63, 3.8) is 0 Å². The molecule has 0 aliphatic heterocycles. The van der Waals surface area contributed by atoms with E-state index in [9.17, 15) is 22.8 Å². The molecule has 0 rings (SSSR count). The van der Waals surface area contributed by atoms with Crippen LogP contribution in [0.1, 0.15) is 13.3 Å². The predicted molar refractivity (Wildman–Crippen MR) is 82.4 cm³/mol. The first kappa shape index (κ1) is 21.8. The Morgan fingerprint density at radius 3 is 1.88 bits per heavy atom. The zero-order valence-corrected chi connectivity index (χ0v) is 14.0. The monoisotopic (exact) mass is 364 g/mol. The van der Waals surface area contributed by atoms with Crippen molar-refractivity contribution in [1.29, 1.82) is 0 Å². The lowest BCUT2D eigenvalue weighted by Gasteiger charge is -2.26. The smallest absolute Gasteiger partial charge is 0.330 e. The quantitative estimate of drug-likeness (QED) is 0.180. The third kappa shape index (κ3) is 9.06. The van der Waals surface area contributed by atoms with Crippen LogP contribution in [0.25, 0.3) is 0 Å². The average Bonchev–Trinajstić information content (AvgIpc) is 2.52. The van der Waals surface area contributed by atoms with E-state index in [0.717, 1.165) is 12.2 Å². The number of carbonyl (C=O) groups excluding carboxylic acids is 3. The minimum absolute atomic E-state index is 0.125. The molecule has 0 unspecified atom stereocenters. The number of hydrogen-bond donors (Lipinski definition) is 1. The Bertz CT molecular complexity index is 567. The van der Waals surface area contributed by atoms with Gasteiger partial charge in [-0.05, 0) is 13.3 Å². The second-order valence-electron chi connectivity index (χ2n) is 4.96. The molecule has 0 amide bonds. The van der Waals surface area contributed by atoms with Crippen molar-refractivity contribution in [2.45, 2.75) is 13.3 Å². The van der Waals surface area contributed by atoms with Gasteiger partial charge < -0.3 is 14.2 Å². The number of esters is 3. The fourth-order valence-corrected chi connectivity index (χ4v) is 1.80. The lowest BCUT2D eigenvalue weighted by atomic mass is 9.93. The minimum atomic E-state index is -4.16. The van der Waals surface area contributed by atoms with Crippen LogP contribution in [0.3, 0.4) is 0 Å². The van der Waals surface area contributed by atoms with E-state index in [1.54, 1.807) is 0 Å². The lowest BCUT2D eigenvalue weighted by molar-refractivity contribution is -0.167. The van der Waals surface area contributed by atoms with Crippen LogP contribution in [0.15, 0.2) is 25.3 Å². The first-order chi connectivity index (χ1) is 11.0. The molecular weight excluding hydrogens is 344 g/mol. The third-order valence-electron chi connectivity index (χ3n) is 2.67. The molecule has 0 radical (unpaired) electrons. The summed E-state index contributed by atoms with van der Waals surface area (Å²) in [4.78, 5) is 34.4. The van der Waals surface area contributed by atoms with Gasteiger partial charge in [0, 0.05) is 12.2 Å². The first-order valence-electron chi connectivity index (χ1n) is 6.75. The lowest BCUT2D eigenvalue weighted by Crippen LogP contribution is -2.40. The number of carbonyl (C=O) groups is 3. The largest absolute Gasteiger partial charge is 0.465 e. The standard InChI is InChI=1S/C14H20O9S/c1-4-11(15)22-9-14(3,10-23-12(16)5-2)13(17)21-7-6-8-24(18,19)20/h4-5H,1-2,6-10H2,3H3,(H,18,19,20). The maximum absolute atomic E-state index is 12.1. The van der Waals surface area contributed by atoms with Gasteiger partial charge in [0.15, 0.2) is 0 Å². The van der Waals surface area contributed by atoms with Crippen LogP contribution in [-0.2, 0) is 38.7 Å². The molecular formula is C14H20O9S. The molecule has 0 fully saturated rings. The third-order valence-corrected chi connectivity index (χ3v) is 3.48. The van der Waals surface area contributed by atoms with Gasteiger partial charge in [0.25, 0.3) is 10.1 Å². The minimum Gasteiger partial charge on any atom is -0.465 e. The van der Waals surface area contributed by atoms with E-state index < -0.39 is 52.4 Å². The molecule has 0 aromatic heterocycles. The summed E-state index contributed by atoms with van der Waals surface area (Å²) in [7, 11) is -4.16. The molecule has 24 heavy (non-hydrogen) atoms. The van der Waals surface area contributed by atoms with E-state index in [1.807, 2.05) is 0 Å². The van der Waals surface area contributed by atoms with Crippen LogP contribution in [0.4, 0.5) is 0 Å². The van der Waals surface area contributed by atoms with Gasteiger partial charge in [-0.3, -0.25) is 9.35 Å². The molecule has 0 aromatic rings. The Morgan fingerprint density at radius 1 is 1.04 bits per heavy atom. The highest BCUT2D eigenvalue weighted by atomic mass is 32.2. The average molecular weight is 364 g/mol.